The zero-order valence-corrected chi connectivity index (χ0v) is 11.8. The van der Waals surface area contributed by atoms with Gasteiger partial charge in [-0.1, -0.05) is 18.7 Å². The lowest BCUT2D eigenvalue weighted by Gasteiger charge is -2.09. The van der Waals surface area contributed by atoms with Gasteiger partial charge < -0.3 is 16.0 Å². The van der Waals surface area contributed by atoms with Crippen LogP contribution in [0.4, 0.5) is 10.2 Å². The molecule has 20 heavy (non-hydrogen) atoms. The molecule has 0 bridgehead atoms. The minimum atomic E-state index is -0.310. The van der Waals surface area contributed by atoms with Gasteiger partial charge in [0.2, 0.25) is 0 Å². The van der Waals surface area contributed by atoms with Gasteiger partial charge in [-0.15, -0.1) is 0 Å². The summed E-state index contributed by atoms with van der Waals surface area (Å²) in [7, 11) is 0. The minimum absolute atomic E-state index is 0.159. The molecule has 2 rings (SSSR count). The van der Waals surface area contributed by atoms with E-state index in [1.165, 1.54) is 30.0 Å². The molecule has 4 N–H and O–H groups in total. The van der Waals surface area contributed by atoms with Crippen LogP contribution >= 0.6 is 11.8 Å². The zero-order chi connectivity index (χ0) is 14.5. The zero-order valence-electron chi connectivity index (χ0n) is 10.9. The van der Waals surface area contributed by atoms with Crippen molar-refractivity contribution < 1.29 is 4.39 Å². The highest BCUT2D eigenvalue weighted by Crippen LogP contribution is 2.28. The predicted octanol–water partition coefficient (Wildman–Crippen LogP) is 1.75. The maximum absolute atomic E-state index is 13.3. The van der Waals surface area contributed by atoms with Crippen molar-refractivity contribution in [2.24, 2.45) is 0 Å². The molecule has 0 aliphatic heterocycles. The summed E-state index contributed by atoms with van der Waals surface area (Å²) in [6.07, 6.45) is 0. The number of nitrogens with one attached hydrogen (secondary N) is 2. The van der Waals surface area contributed by atoms with Gasteiger partial charge in [0, 0.05) is 17.5 Å². The lowest BCUT2D eigenvalue weighted by Crippen LogP contribution is -2.13. The van der Waals surface area contributed by atoms with Crippen molar-refractivity contribution in [3.63, 3.8) is 0 Å². The summed E-state index contributed by atoms with van der Waals surface area (Å²) in [6, 6.07) is 5.72. The Kier molecular flexibility index (Phi) is 4.75. The van der Waals surface area contributed by atoms with Crippen molar-refractivity contribution in [3.05, 3.63) is 46.0 Å². The second-order valence-corrected chi connectivity index (χ2v) is 5.14. The molecule has 0 atom stereocenters. The van der Waals surface area contributed by atoms with Crippen molar-refractivity contribution in [2.75, 3.05) is 12.3 Å². The first-order valence-corrected chi connectivity index (χ1v) is 6.94. The summed E-state index contributed by atoms with van der Waals surface area (Å²) in [5.41, 5.74) is 6.04. The van der Waals surface area contributed by atoms with Gasteiger partial charge in [0.15, 0.2) is 5.16 Å². The van der Waals surface area contributed by atoms with E-state index in [1.807, 2.05) is 6.92 Å². The summed E-state index contributed by atoms with van der Waals surface area (Å²) in [5, 5.41) is 3.53. The van der Waals surface area contributed by atoms with Gasteiger partial charge in [0.25, 0.3) is 5.56 Å². The van der Waals surface area contributed by atoms with E-state index in [-0.39, 0.29) is 17.2 Å². The molecular formula is C13H15FN4OS. The SMILES string of the molecule is CCNCc1cc(F)ccc1Sc1nc(N)cc(=O)[nH]1. The molecule has 0 radical (unpaired) electrons. The highest BCUT2D eigenvalue weighted by Gasteiger charge is 2.08. The van der Waals surface area contributed by atoms with E-state index in [0.29, 0.717) is 11.7 Å². The molecule has 0 unspecified atom stereocenters. The van der Waals surface area contributed by atoms with E-state index in [4.69, 9.17) is 5.73 Å². The van der Waals surface area contributed by atoms with Gasteiger partial charge >= 0.3 is 0 Å². The molecular weight excluding hydrogens is 279 g/mol. The molecule has 0 saturated carbocycles. The number of halogens is 1. The number of nitrogens with zero attached hydrogens (tertiary/aromatic N) is 1. The van der Waals surface area contributed by atoms with Crippen LogP contribution in [-0.2, 0) is 6.54 Å². The summed E-state index contributed by atoms with van der Waals surface area (Å²) < 4.78 is 13.3. The second-order valence-electron chi connectivity index (χ2n) is 4.11. The Morgan fingerprint density at radius 1 is 1.45 bits per heavy atom. The number of anilines is 1. The standard InChI is InChI=1S/C13H15FN4OS/c1-2-16-7-8-5-9(14)3-4-10(8)20-13-17-11(15)6-12(19)18-13/h3-6,16H,2,7H2,1H3,(H3,15,17,18,19). The number of rotatable bonds is 5. The molecule has 0 amide bonds. The van der Waals surface area contributed by atoms with E-state index in [9.17, 15) is 9.18 Å². The van der Waals surface area contributed by atoms with Crippen LogP contribution in [0.3, 0.4) is 0 Å². The predicted molar refractivity (Wildman–Crippen MR) is 77.2 cm³/mol. The smallest absolute Gasteiger partial charge is 0.253 e. The molecule has 0 saturated heterocycles. The van der Waals surface area contributed by atoms with Crippen LogP contribution in [0.25, 0.3) is 0 Å². The van der Waals surface area contributed by atoms with Crippen LogP contribution in [0.1, 0.15) is 12.5 Å². The van der Waals surface area contributed by atoms with Crippen molar-refractivity contribution >= 4 is 17.6 Å². The molecule has 5 nitrogen and oxygen atoms in total. The van der Waals surface area contributed by atoms with Crippen LogP contribution < -0.4 is 16.6 Å². The highest BCUT2D eigenvalue weighted by atomic mass is 32.2. The summed E-state index contributed by atoms with van der Waals surface area (Å²) in [4.78, 5) is 18.8. The van der Waals surface area contributed by atoms with Gasteiger partial charge in [-0.05, 0) is 30.3 Å². The van der Waals surface area contributed by atoms with Gasteiger partial charge in [-0.3, -0.25) is 4.79 Å². The molecule has 1 aromatic carbocycles. The Balaban J connectivity index is 2.29. The first-order chi connectivity index (χ1) is 9.58. The number of nitrogens with two attached hydrogens (primary N) is 1. The molecule has 0 aliphatic carbocycles. The fourth-order valence-corrected chi connectivity index (χ4v) is 2.56. The number of H-pyrrole nitrogens is 1. The quantitative estimate of drug-likeness (QED) is 0.732. The van der Waals surface area contributed by atoms with Gasteiger partial charge in [-0.2, -0.15) is 0 Å². The van der Waals surface area contributed by atoms with E-state index >= 15 is 0 Å². The minimum Gasteiger partial charge on any atom is -0.383 e. The number of benzene rings is 1. The molecule has 1 heterocycles. The van der Waals surface area contributed by atoms with Gasteiger partial charge in [0.05, 0.1) is 0 Å². The molecule has 0 fully saturated rings. The largest absolute Gasteiger partial charge is 0.383 e. The molecule has 0 spiro atoms. The van der Waals surface area contributed by atoms with Crippen LogP contribution in [0.15, 0.2) is 39.1 Å². The fraction of sp³-hybridized carbons (Fsp3) is 0.231. The third kappa shape index (κ3) is 3.82. The molecule has 7 heteroatoms. The van der Waals surface area contributed by atoms with E-state index < -0.39 is 0 Å². The fourth-order valence-electron chi connectivity index (χ4n) is 1.65. The topological polar surface area (TPSA) is 83.8 Å². The summed E-state index contributed by atoms with van der Waals surface area (Å²) >= 11 is 1.25. The van der Waals surface area contributed by atoms with E-state index in [2.05, 4.69) is 15.3 Å². The molecule has 106 valence electrons. The number of aromatic nitrogens is 2. The molecule has 2 aromatic rings. The summed E-state index contributed by atoms with van der Waals surface area (Å²) in [5.74, 6) is -0.136. The number of nitrogen functional groups attached to an aromatic ring is 1. The lowest BCUT2D eigenvalue weighted by molar-refractivity contribution is 0.619. The summed E-state index contributed by atoms with van der Waals surface area (Å²) in [6.45, 7) is 3.31. The second kappa shape index (κ2) is 6.53. The Labute approximate surface area is 119 Å². The number of hydrogen-bond donors (Lipinski definition) is 3. The Morgan fingerprint density at radius 3 is 2.95 bits per heavy atom. The Hall–Kier alpha value is -1.86. The highest BCUT2D eigenvalue weighted by molar-refractivity contribution is 7.99. The third-order valence-electron chi connectivity index (χ3n) is 2.53. The van der Waals surface area contributed by atoms with E-state index in [1.54, 1.807) is 6.07 Å². The molecule has 0 aliphatic rings. The molecule has 1 aromatic heterocycles. The number of hydrogen-bond acceptors (Lipinski definition) is 5. The Bertz CT molecular complexity index is 659. The normalized spacial score (nSPS) is 10.7. The lowest BCUT2D eigenvalue weighted by atomic mass is 10.2. The van der Waals surface area contributed by atoms with E-state index in [0.717, 1.165) is 17.0 Å². The monoisotopic (exact) mass is 294 g/mol. The van der Waals surface area contributed by atoms with Crippen LogP contribution in [0.2, 0.25) is 0 Å². The van der Waals surface area contributed by atoms with Crippen molar-refractivity contribution in [1.82, 2.24) is 15.3 Å². The number of aromatic amines is 1. The van der Waals surface area contributed by atoms with Crippen molar-refractivity contribution in [1.29, 1.82) is 0 Å². The van der Waals surface area contributed by atoms with Gasteiger partial charge in [-0.25, -0.2) is 9.37 Å². The third-order valence-corrected chi connectivity index (χ3v) is 3.54. The maximum Gasteiger partial charge on any atom is 0.253 e. The average molecular weight is 294 g/mol. The van der Waals surface area contributed by atoms with Crippen LogP contribution in [0.5, 0.6) is 0 Å². The first-order valence-electron chi connectivity index (χ1n) is 6.12. The van der Waals surface area contributed by atoms with Crippen molar-refractivity contribution in [3.8, 4) is 0 Å². The average Bonchev–Trinajstić information content (AvgIpc) is 2.38. The van der Waals surface area contributed by atoms with Crippen molar-refractivity contribution in [2.45, 2.75) is 23.5 Å². The van der Waals surface area contributed by atoms with Crippen LogP contribution in [0, 0.1) is 5.82 Å². The Morgan fingerprint density at radius 2 is 2.25 bits per heavy atom. The van der Waals surface area contributed by atoms with Crippen LogP contribution in [-0.4, -0.2) is 16.5 Å². The van der Waals surface area contributed by atoms with Gasteiger partial charge in [0.1, 0.15) is 11.6 Å². The maximum atomic E-state index is 13.3. The first kappa shape index (κ1) is 14.5.